The van der Waals surface area contributed by atoms with Gasteiger partial charge in [-0.3, -0.25) is 9.78 Å². The normalized spacial score (nSPS) is 15.0. The molecule has 0 radical (unpaired) electrons. The zero-order valence-electron chi connectivity index (χ0n) is 15.5. The van der Waals surface area contributed by atoms with Gasteiger partial charge in [0.25, 0.3) is 5.56 Å². The summed E-state index contributed by atoms with van der Waals surface area (Å²) >= 11 is 0. The molecule has 0 amide bonds. The van der Waals surface area contributed by atoms with Gasteiger partial charge in [0, 0.05) is 5.56 Å². The largest absolute Gasteiger partial charge is 0.494 e. The maximum absolute atomic E-state index is 12.5. The number of H-pyrrole nitrogens is 1. The first-order valence-corrected chi connectivity index (χ1v) is 8.57. The number of aromatic nitrogens is 2. The molecule has 9 heteroatoms. The second-order valence-electron chi connectivity index (χ2n) is 6.22. The number of rotatable bonds is 4. The number of aromatic hydroxyl groups is 1. The molecule has 2 N–H and O–H groups in total. The van der Waals surface area contributed by atoms with Crippen LogP contribution in [0.15, 0.2) is 52.1 Å². The predicted molar refractivity (Wildman–Crippen MR) is 101 cm³/mol. The Morgan fingerprint density at radius 2 is 1.76 bits per heavy atom. The highest BCUT2D eigenvalue weighted by Gasteiger charge is 2.40. The minimum atomic E-state index is -1.23. The highest BCUT2D eigenvalue weighted by molar-refractivity contribution is 5.98. The number of nitrogens with one attached hydrogen (secondary N) is 1. The van der Waals surface area contributed by atoms with Gasteiger partial charge in [0.15, 0.2) is 17.6 Å². The van der Waals surface area contributed by atoms with Gasteiger partial charge >= 0.3 is 11.7 Å². The van der Waals surface area contributed by atoms with Crippen molar-refractivity contribution in [2.75, 3.05) is 14.2 Å². The van der Waals surface area contributed by atoms with E-state index in [4.69, 9.17) is 14.2 Å². The van der Waals surface area contributed by atoms with E-state index in [1.165, 1.54) is 14.2 Å². The Balaban J connectivity index is 1.96. The number of fused-ring (bicyclic) bond motifs is 1. The SMILES string of the molecule is COc1ccc2c(c1OC)C(=O)O[C@@H]2c1c(O)n(-c2ccccc2)c(=O)[nH]c1=O. The fraction of sp³-hybridized carbons (Fsp3) is 0.150. The summed E-state index contributed by atoms with van der Waals surface area (Å²) in [4.78, 5) is 39.6. The average molecular weight is 396 g/mol. The van der Waals surface area contributed by atoms with Crippen molar-refractivity contribution in [2.45, 2.75) is 6.10 Å². The van der Waals surface area contributed by atoms with Crippen LogP contribution in [0, 0.1) is 0 Å². The van der Waals surface area contributed by atoms with Gasteiger partial charge in [0.05, 0.1) is 19.9 Å². The molecule has 2 aromatic carbocycles. The molecule has 0 saturated heterocycles. The maximum atomic E-state index is 12.5. The van der Waals surface area contributed by atoms with Gasteiger partial charge in [0.1, 0.15) is 11.1 Å². The van der Waals surface area contributed by atoms with E-state index in [1.54, 1.807) is 42.5 Å². The summed E-state index contributed by atoms with van der Waals surface area (Å²) in [6, 6.07) is 11.4. The molecule has 0 aliphatic carbocycles. The van der Waals surface area contributed by atoms with Gasteiger partial charge in [-0.2, -0.15) is 0 Å². The number of hydrogen-bond acceptors (Lipinski definition) is 7. The molecule has 0 bridgehead atoms. The first kappa shape index (κ1) is 18.4. The van der Waals surface area contributed by atoms with Gasteiger partial charge in [0.2, 0.25) is 5.88 Å². The van der Waals surface area contributed by atoms with Crippen molar-refractivity contribution in [3.8, 4) is 23.1 Å². The summed E-state index contributed by atoms with van der Waals surface area (Å²) in [7, 11) is 2.80. The average Bonchev–Trinajstić information content (AvgIpc) is 3.04. The Bertz CT molecular complexity index is 1230. The Morgan fingerprint density at radius 3 is 2.41 bits per heavy atom. The fourth-order valence-corrected chi connectivity index (χ4v) is 3.41. The smallest absolute Gasteiger partial charge is 0.343 e. The molecule has 9 nitrogen and oxygen atoms in total. The van der Waals surface area contributed by atoms with Crippen LogP contribution in [0.25, 0.3) is 5.69 Å². The summed E-state index contributed by atoms with van der Waals surface area (Å²) in [5.41, 5.74) is -1.21. The third-order valence-electron chi connectivity index (χ3n) is 4.69. The molecule has 0 fully saturated rings. The number of carbonyl (C=O) groups is 1. The lowest BCUT2D eigenvalue weighted by Gasteiger charge is -2.16. The first-order chi connectivity index (χ1) is 14.0. The Kier molecular flexibility index (Phi) is 4.34. The number of benzene rings is 2. The van der Waals surface area contributed by atoms with Crippen molar-refractivity contribution in [1.82, 2.24) is 9.55 Å². The third-order valence-corrected chi connectivity index (χ3v) is 4.69. The van der Waals surface area contributed by atoms with E-state index in [2.05, 4.69) is 4.98 Å². The van der Waals surface area contributed by atoms with Gasteiger partial charge in [-0.05, 0) is 18.2 Å². The van der Waals surface area contributed by atoms with Crippen molar-refractivity contribution in [2.24, 2.45) is 0 Å². The molecule has 1 aliphatic rings. The van der Waals surface area contributed by atoms with Crippen LogP contribution < -0.4 is 20.7 Å². The molecular weight excluding hydrogens is 380 g/mol. The van der Waals surface area contributed by atoms with Gasteiger partial charge in [-0.15, -0.1) is 0 Å². The highest BCUT2D eigenvalue weighted by atomic mass is 16.6. The quantitative estimate of drug-likeness (QED) is 0.642. The van der Waals surface area contributed by atoms with Gasteiger partial charge in [-0.25, -0.2) is 14.2 Å². The Morgan fingerprint density at radius 1 is 1.03 bits per heavy atom. The molecule has 0 saturated carbocycles. The minimum absolute atomic E-state index is 0.0908. The van der Waals surface area contributed by atoms with Crippen LogP contribution in [0.1, 0.15) is 27.6 Å². The molecule has 3 aromatic rings. The van der Waals surface area contributed by atoms with E-state index in [1.807, 2.05) is 0 Å². The van der Waals surface area contributed by atoms with Crippen molar-refractivity contribution < 1.29 is 24.1 Å². The van der Waals surface area contributed by atoms with Gasteiger partial charge < -0.3 is 19.3 Å². The molecular formula is C20H16N2O7. The summed E-state index contributed by atoms with van der Waals surface area (Å²) in [5.74, 6) is -0.886. The Labute approximate surface area is 163 Å². The Hall–Kier alpha value is -4.01. The number of aromatic amines is 1. The van der Waals surface area contributed by atoms with Crippen molar-refractivity contribution in [1.29, 1.82) is 0 Å². The van der Waals surface area contributed by atoms with Gasteiger partial charge in [-0.1, -0.05) is 24.3 Å². The number of nitrogens with zero attached hydrogens (tertiary/aromatic N) is 1. The number of carbonyl (C=O) groups excluding carboxylic acids is 1. The number of methoxy groups -OCH3 is 2. The number of hydrogen-bond donors (Lipinski definition) is 2. The second kappa shape index (κ2) is 6.86. The van der Waals surface area contributed by atoms with E-state index >= 15 is 0 Å². The molecule has 1 atom stereocenters. The maximum Gasteiger partial charge on any atom is 0.343 e. The molecule has 1 aliphatic heterocycles. The lowest BCUT2D eigenvalue weighted by atomic mass is 9.99. The minimum Gasteiger partial charge on any atom is -0.494 e. The first-order valence-electron chi connectivity index (χ1n) is 8.57. The van der Waals surface area contributed by atoms with Crippen molar-refractivity contribution >= 4 is 5.97 Å². The molecule has 2 heterocycles. The number of cyclic esters (lactones) is 1. The fourth-order valence-electron chi connectivity index (χ4n) is 3.41. The molecule has 0 spiro atoms. The number of ether oxygens (including phenoxy) is 3. The molecule has 29 heavy (non-hydrogen) atoms. The topological polar surface area (TPSA) is 120 Å². The molecule has 4 rings (SSSR count). The van der Waals surface area contributed by atoms with Crippen LogP contribution in [0.3, 0.4) is 0 Å². The van der Waals surface area contributed by atoms with Crippen LogP contribution in [0.4, 0.5) is 0 Å². The van der Waals surface area contributed by atoms with Crippen LogP contribution in [-0.4, -0.2) is 34.8 Å². The van der Waals surface area contributed by atoms with Crippen LogP contribution >= 0.6 is 0 Å². The number of para-hydroxylation sites is 1. The van der Waals surface area contributed by atoms with E-state index in [0.717, 1.165) is 4.57 Å². The van der Waals surface area contributed by atoms with E-state index in [0.29, 0.717) is 17.0 Å². The lowest BCUT2D eigenvalue weighted by molar-refractivity contribution is 0.0447. The molecule has 1 aromatic heterocycles. The zero-order valence-corrected chi connectivity index (χ0v) is 15.5. The van der Waals surface area contributed by atoms with Crippen LogP contribution in [0.5, 0.6) is 17.4 Å². The van der Waals surface area contributed by atoms with Crippen LogP contribution in [-0.2, 0) is 4.74 Å². The third kappa shape index (κ3) is 2.75. The van der Waals surface area contributed by atoms with Crippen molar-refractivity contribution in [3.63, 3.8) is 0 Å². The summed E-state index contributed by atoms with van der Waals surface area (Å²) < 4.78 is 16.8. The van der Waals surface area contributed by atoms with Crippen molar-refractivity contribution in [3.05, 3.63) is 80.0 Å². The second-order valence-corrected chi connectivity index (χ2v) is 6.22. The highest BCUT2D eigenvalue weighted by Crippen LogP contribution is 2.44. The summed E-state index contributed by atoms with van der Waals surface area (Å²) in [5, 5.41) is 10.8. The standard InChI is InChI=1S/C20H16N2O7/c1-27-12-9-8-11-13(16(12)28-2)19(25)29-15(11)14-17(23)21-20(26)22(18(14)24)10-6-4-3-5-7-10/h3-9,15,24H,1-2H3,(H,21,23,26)/t15-/m0/s1. The van der Waals surface area contributed by atoms with E-state index in [9.17, 15) is 19.5 Å². The van der Waals surface area contributed by atoms with E-state index < -0.39 is 29.2 Å². The lowest BCUT2D eigenvalue weighted by Crippen LogP contribution is -2.32. The summed E-state index contributed by atoms with van der Waals surface area (Å²) in [6.07, 6.45) is -1.23. The molecule has 0 unspecified atom stereocenters. The monoisotopic (exact) mass is 396 g/mol. The molecule has 148 valence electrons. The predicted octanol–water partition coefficient (Wildman–Crippen LogP) is 1.51. The zero-order chi connectivity index (χ0) is 20.7. The van der Waals surface area contributed by atoms with E-state index in [-0.39, 0.29) is 16.9 Å². The summed E-state index contributed by atoms with van der Waals surface area (Å²) in [6.45, 7) is 0. The number of esters is 1. The van der Waals surface area contributed by atoms with Crippen LogP contribution in [0.2, 0.25) is 0 Å².